The number of morpholine rings is 1. The van der Waals surface area contributed by atoms with E-state index in [-0.39, 0.29) is 0 Å². The zero-order valence-electron chi connectivity index (χ0n) is 20.7. The summed E-state index contributed by atoms with van der Waals surface area (Å²) in [6.07, 6.45) is 2.11. The Morgan fingerprint density at radius 3 is 2.20 bits per heavy atom. The summed E-state index contributed by atoms with van der Waals surface area (Å²) < 4.78 is 10.7. The van der Waals surface area contributed by atoms with Crippen molar-refractivity contribution in [2.45, 2.75) is 19.6 Å². The van der Waals surface area contributed by atoms with Crippen LogP contribution in [0.15, 0.2) is 42.5 Å². The molecule has 35 heavy (non-hydrogen) atoms. The van der Waals surface area contributed by atoms with Crippen LogP contribution in [0.2, 0.25) is 0 Å². The van der Waals surface area contributed by atoms with E-state index in [4.69, 9.17) is 19.7 Å². The second-order valence-corrected chi connectivity index (χ2v) is 9.83. The van der Waals surface area contributed by atoms with Crippen molar-refractivity contribution in [3.63, 3.8) is 0 Å². The normalized spacial score (nSPS) is 15.6. The van der Waals surface area contributed by atoms with Crippen LogP contribution < -0.4 is 20.4 Å². The Hall–Kier alpha value is -2.40. The van der Waals surface area contributed by atoms with Gasteiger partial charge in [-0.3, -0.25) is 10.8 Å². The number of nitrogens with zero attached hydrogens (tertiary/aromatic N) is 2. The lowest BCUT2D eigenvalue weighted by atomic mass is 10.1. The zero-order valence-corrected chi connectivity index (χ0v) is 22.4. The zero-order chi connectivity index (χ0) is 25.0. The summed E-state index contributed by atoms with van der Waals surface area (Å²) in [4.78, 5) is 4.58. The van der Waals surface area contributed by atoms with E-state index in [0.29, 0.717) is 11.7 Å². The van der Waals surface area contributed by atoms with Gasteiger partial charge in [0.1, 0.15) is 0 Å². The number of nitrogens with one attached hydrogen (secondary N) is 4. The number of hydrogen-bond acceptors (Lipinski definition) is 8. The maximum absolute atomic E-state index is 7.62. The number of thioether (sulfide) groups is 1. The molecule has 0 amide bonds. The van der Waals surface area contributed by atoms with Crippen molar-refractivity contribution in [2.75, 3.05) is 72.0 Å². The van der Waals surface area contributed by atoms with Crippen molar-refractivity contribution >= 4 is 58.2 Å². The minimum absolute atomic E-state index is 0.452. The molecule has 2 aliphatic heterocycles. The van der Waals surface area contributed by atoms with Gasteiger partial charge in [0.25, 0.3) is 0 Å². The highest BCUT2D eigenvalue weighted by molar-refractivity contribution is 7.97. The largest absolute Gasteiger partial charge is 0.378 e. The van der Waals surface area contributed by atoms with Gasteiger partial charge in [-0.05, 0) is 49.9 Å². The van der Waals surface area contributed by atoms with E-state index in [0.717, 1.165) is 68.1 Å². The quantitative estimate of drug-likeness (QED) is 0.232. The first kappa shape index (κ1) is 27.2. The van der Waals surface area contributed by atoms with Crippen LogP contribution in [-0.4, -0.2) is 63.3 Å². The second-order valence-electron chi connectivity index (χ2n) is 8.23. The van der Waals surface area contributed by atoms with Gasteiger partial charge in [-0.15, -0.1) is 0 Å². The van der Waals surface area contributed by atoms with E-state index < -0.39 is 0 Å². The molecule has 190 valence electrons. The van der Waals surface area contributed by atoms with Gasteiger partial charge in [0.05, 0.1) is 60.1 Å². The maximum Gasteiger partial charge on any atom is 0.0944 e. The second kappa shape index (κ2) is 14.2. The lowest BCUT2D eigenvalue weighted by Crippen LogP contribution is -2.36. The number of amidine groups is 2. The molecular formula is C25H36N6O2S2. The monoisotopic (exact) mass is 516 g/mol. The predicted molar refractivity (Wildman–Crippen MR) is 153 cm³/mol. The van der Waals surface area contributed by atoms with Gasteiger partial charge < -0.3 is 29.4 Å². The summed E-state index contributed by atoms with van der Waals surface area (Å²) >= 11 is 3.29. The molecule has 2 aliphatic rings. The third kappa shape index (κ3) is 8.64. The number of ether oxygens (including phenoxy) is 1. The van der Waals surface area contributed by atoms with Gasteiger partial charge in [-0.2, -0.15) is 11.8 Å². The molecule has 2 aromatic rings. The van der Waals surface area contributed by atoms with Crippen LogP contribution in [0.5, 0.6) is 0 Å². The van der Waals surface area contributed by atoms with Gasteiger partial charge in [-0.1, -0.05) is 18.2 Å². The van der Waals surface area contributed by atoms with Crippen LogP contribution in [0.3, 0.4) is 0 Å². The summed E-state index contributed by atoms with van der Waals surface area (Å²) in [5.41, 5.74) is 5.63. The Balaban J connectivity index is 0.000000198. The summed E-state index contributed by atoms with van der Waals surface area (Å²) in [6, 6.07) is 14.5. The van der Waals surface area contributed by atoms with Crippen LogP contribution in [0, 0.1) is 10.8 Å². The van der Waals surface area contributed by atoms with E-state index in [2.05, 4.69) is 51.0 Å². The molecule has 2 saturated heterocycles. The Morgan fingerprint density at radius 1 is 0.914 bits per heavy atom. The van der Waals surface area contributed by atoms with Crippen LogP contribution in [0.4, 0.5) is 22.7 Å². The minimum atomic E-state index is 0.452. The molecule has 2 fully saturated rings. The Kier molecular flexibility index (Phi) is 11.1. The highest BCUT2D eigenvalue weighted by atomic mass is 32.2. The van der Waals surface area contributed by atoms with E-state index in [1.165, 1.54) is 23.3 Å². The molecular weight excluding hydrogens is 480 g/mol. The van der Waals surface area contributed by atoms with Crippen molar-refractivity contribution < 1.29 is 8.92 Å². The standard InChI is InChI=1S/C14H21N3OS.C11H15N3OS/c1-11(15)16-13-4-3-12(10-19-2)9-14(13)17-5-7-18-8-6-17;1-9(12)13-10-4-2-3-5-11(10)14-6-7-15-16-8-14/h3-4,9H,5-8,10H2,1-2H3,(H2,15,16);2-5H,6-8H2,1H3,(H2,12,13). The van der Waals surface area contributed by atoms with Crippen molar-refractivity contribution in [1.29, 1.82) is 10.8 Å². The molecule has 0 spiro atoms. The molecule has 0 radical (unpaired) electrons. The first-order valence-corrected chi connectivity index (χ1v) is 14.0. The molecule has 0 aromatic heterocycles. The molecule has 0 bridgehead atoms. The number of benzene rings is 2. The third-order valence-corrected chi connectivity index (χ3v) is 6.72. The van der Waals surface area contributed by atoms with Gasteiger partial charge in [-0.25, -0.2) is 0 Å². The molecule has 0 saturated carbocycles. The smallest absolute Gasteiger partial charge is 0.0944 e. The van der Waals surface area contributed by atoms with Crippen molar-refractivity contribution in [2.24, 2.45) is 0 Å². The fourth-order valence-electron chi connectivity index (χ4n) is 3.83. The highest BCUT2D eigenvalue weighted by Crippen LogP contribution is 2.30. The maximum atomic E-state index is 7.62. The average molecular weight is 517 g/mol. The summed E-state index contributed by atoms with van der Waals surface area (Å²) in [5.74, 6) is 2.76. The fraction of sp³-hybridized carbons (Fsp3) is 0.440. The molecule has 4 N–H and O–H groups in total. The molecule has 2 aromatic carbocycles. The van der Waals surface area contributed by atoms with Crippen molar-refractivity contribution in [1.82, 2.24) is 0 Å². The Bertz CT molecular complexity index is 978. The fourth-order valence-corrected chi connectivity index (χ4v) is 5.00. The molecule has 4 rings (SSSR count). The topological polar surface area (TPSA) is 96.7 Å². The average Bonchev–Trinajstić information content (AvgIpc) is 2.86. The van der Waals surface area contributed by atoms with Crippen LogP contribution >= 0.6 is 23.8 Å². The molecule has 0 aliphatic carbocycles. The molecule has 10 heteroatoms. The van der Waals surface area contributed by atoms with Crippen molar-refractivity contribution in [3.8, 4) is 0 Å². The summed E-state index contributed by atoms with van der Waals surface area (Å²) in [7, 11) is 0. The number of anilines is 4. The van der Waals surface area contributed by atoms with Gasteiger partial charge in [0, 0.05) is 37.4 Å². The van der Waals surface area contributed by atoms with Crippen molar-refractivity contribution in [3.05, 3.63) is 48.0 Å². The molecule has 8 nitrogen and oxygen atoms in total. The van der Waals surface area contributed by atoms with Crippen LogP contribution in [0.25, 0.3) is 0 Å². The van der Waals surface area contributed by atoms with E-state index >= 15 is 0 Å². The predicted octanol–water partition coefficient (Wildman–Crippen LogP) is 5.33. The van der Waals surface area contributed by atoms with Gasteiger partial charge >= 0.3 is 0 Å². The first-order valence-electron chi connectivity index (χ1n) is 11.6. The van der Waals surface area contributed by atoms with Crippen LogP contribution in [0.1, 0.15) is 19.4 Å². The van der Waals surface area contributed by atoms with E-state index in [1.807, 2.05) is 30.0 Å². The number of hydrogen-bond donors (Lipinski definition) is 4. The SMILES string of the molecule is CC(=N)Nc1ccccc1N1CCOSC1.CSCc1ccc(NC(C)=N)c(N2CCOCC2)c1. The highest BCUT2D eigenvalue weighted by Gasteiger charge is 2.16. The lowest BCUT2D eigenvalue weighted by Gasteiger charge is -2.31. The lowest BCUT2D eigenvalue weighted by molar-refractivity contribution is 0.123. The van der Waals surface area contributed by atoms with Gasteiger partial charge in [0.15, 0.2) is 0 Å². The molecule has 0 atom stereocenters. The van der Waals surface area contributed by atoms with Crippen LogP contribution in [-0.2, 0) is 14.7 Å². The Morgan fingerprint density at radius 2 is 1.57 bits per heavy atom. The first-order chi connectivity index (χ1) is 17.0. The van der Waals surface area contributed by atoms with E-state index in [9.17, 15) is 0 Å². The molecule has 2 heterocycles. The number of para-hydroxylation sites is 2. The third-order valence-electron chi connectivity index (χ3n) is 5.35. The molecule has 0 unspecified atom stereocenters. The Labute approximate surface area is 217 Å². The summed E-state index contributed by atoms with van der Waals surface area (Å²) in [6.45, 7) is 8.50. The minimum Gasteiger partial charge on any atom is -0.378 e. The van der Waals surface area contributed by atoms with Gasteiger partial charge in [0.2, 0.25) is 0 Å². The number of rotatable bonds is 6. The summed E-state index contributed by atoms with van der Waals surface area (Å²) in [5, 5.41) is 21.3. The van der Waals surface area contributed by atoms with E-state index in [1.54, 1.807) is 13.8 Å².